The lowest BCUT2D eigenvalue weighted by Gasteiger charge is -2.21. The minimum Gasteiger partial charge on any atom is -0.496 e. The van der Waals surface area contributed by atoms with Gasteiger partial charge in [0, 0.05) is 24.3 Å². The van der Waals surface area contributed by atoms with Gasteiger partial charge in [-0.2, -0.15) is 0 Å². The van der Waals surface area contributed by atoms with Crippen LogP contribution in [-0.4, -0.2) is 26.4 Å². The molecule has 17 heavy (non-hydrogen) atoms. The molecule has 0 bridgehead atoms. The number of hydrogen-bond donors (Lipinski definition) is 1. The minimum atomic E-state index is 0.251. The minimum absolute atomic E-state index is 0.251. The third-order valence-corrected chi connectivity index (χ3v) is 2.71. The van der Waals surface area contributed by atoms with Gasteiger partial charge in [-0.25, -0.2) is 0 Å². The summed E-state index contributed by atoms with van der Waals surface area (Å²) in [6, 6.07) is 8.67. The molecule has 2 atom stereocenters. The molecule has 2 unspecified atom stereocenters. The molecule has 0 saturated carbocycles. The molecule has 0 radical (unpaired) electrons. The monoisotopic (exact) mass is 237 g/mol. The number of hydrogen-bond acceptors (Lipinski definition) is 3. The Balaban J connectivity index is 2.59. The number of nitrogens with one attached hydrogen (secondary N) is 1. The lowest BCUT2D eigenvalue weighted by Crippen LogP contribution is -2.33. The van der Waals surface area contributed by atoms with Crippen LogP contribution in [0.25, 0.3) is 0 Å². The third kappa shape index (κ3) is 4.36. The van der Waals surface area contributed by atoms with Crippen molar-refractivity contribution in [2.75, 3.05) is 20.3 Å². The standard InChI is InChI=1S/C14H23NO2/c1-5-17-10-11(2)15-12(3)13-8-6-7-9-14(13)16-4/h6-9,11-12,15H,5,10H2,1-4H3. The van der Waals surface area contributed by atoms with Crippen LogP contribution in [0.15, 0.2) is 24.3 Å². The van der Waals surface area contributed by atoms with Crippen LogP contribution in [0.4, 0.5) is 0 Å². The van der Waals surface area contributed by atoms with Gasteiger partial charge < -0.3 is 14.8 Å². The molecule has 96 valence electrons. The number of rotatable bonds is 7. The van der Waals surface area contributed by atoms with E-state index in [2.05, 4.69) is 25.2 Å². The van der Waals surface area contributed by atoms with Gasteiger partial charge in [-0.1, -0.05) is 18.2 Å². The molecule has 0 aromatic heterocycles. The molecule has 0 aliphatic rings. The zero-order valence-corrected chi connectivity index (χ0v) is 11.2. The summed E-state index contributed by atoms with van der Waals surface area (Å²) in [6.45, 7) is 7.77. The van der Waals surface area contributed by atoms with Crippen LogP contribution in [-0.2, 0) is 4.74 Å². The van der Waals surface area contributed by atoms with E-state index in [-0.39, 0.29) is 6.04 Å². The first-order valence-corrected chi connectivity index (χ1v) is 6.15. The smallest absolute Gasteiger partial charge is 0.123 e. The molecule has 0 saturated heterocycles. The molecule has 1 N–H and O–H groups in total. The van der Waals surface area contributed by atoms with E-state index in [9.17, 15) is 0 Å². The average Bonchev–Trinajstić information content (AvgIpc) is 2.36. The van der Waals surface area contributed by atoms with Gasteiger partial charge in [0.1, 0.15) is 5.75 Å². The van der Waals surface area contributed by atoms with Crippen molar-refractivity contribution in [3.8, 4) is 5.75 Å². The molecule has 1 aromatic rings. The molecule has 0 amide bonds. The fraction of sp³-hybridized carbons (Fsp3) is 0.571. The van der Waals surface area contributed by atoms with Crippen LogP contribution in [0.5, 0.6) is 5.75 Å². The van der Waals surface area contributed by atoms with Crippen LogP contribution >= 0.6 is 0 Å². The zero-order valence-electron chi connectivity index (χ0n) is 11.2. The number of para-hydroxylation sites is 1. The molecule has 0 fully saturated rings. The van der Waals surface area contributed by atoms with E-state index in [0.717, 1.165) is 19.0 Å². The first kappa shape index (κ1) is 14.0. The Morgan fingerprint density at radius 2 is 1.94 bits per heavy atom. The first-order chi connectivity index (χ1) is 8.19. The second-order valence-corrected chi connectivity index (χ2v) is 4.19. The summed E-state index contributed by atoms with van der Waals surface area (Å²) in [5.74, 6) is 0.927. The Morgan fingerprint density at radius 1 is 1.24 bits per heavy atom. The van der Waals surface area contributed by atoms with Crippen molar-refractivity contribution in [2.24, 2.45) is 0 Å². The second kappa shape index (κ2) is 7.30. The molecule has 1 aromatic carbocycles. The maximum atomic E-state index is 5.39. The van der Waals surface area contributed by atoms with Gasteiger partial charge >= 0.3 is 0 Å². The van der Waals surface area contributed by atoms with E-state index in [0.29, 0.717) is 6.04 Å². The summed E-state index contributed by atoms with van der Waals surface area (Å²) in [5.41, 5.74) is 1.18. The zero-order chi connectivity index (χ0) is 12.7. The Hall–Kier alpha value is -1.06. The topological polar surface area (TPSA) is 30.5 Å². The van der Waals surface area contributed by atoms with Crippen molar-refractivity contribution in [1.29, 1.82) is 0 Å². The lowest BCUT2D eigenvalue weighted by atomic mass is 10.1. The highest BCUT2D eigenvalue weighted by molar-refractivity contribution is 5.35. The lowest BCUT2D eigenvalue weighted by molar-refractivity contribution is 0.124. The molecule has 0 spiro atoms. The van der Waals surface area contributed by atoms with Crippen LogP contribution in [0, 0.1) is 0 Å². The van der Waals surface area contributed by atoms with Gasteiger partial charge in [-0.3, -0.25) is 0 Å². The van der Waals surface area contributed by atoms with Crippen LogP contribution in [0.1, 0.15) is 32.4 Å². The fourth-order valence-electron chi connectivity index (χ4n) is 1.88. The van der Waals surface area contributed by atoms with Crippen LogP contribution < -0.4 is 10.1 Å². The van der Waals surface area contributed by atoms with E-state index in [1.165, 1.54) is 5.56 Å². The van der Waals surface area contributed by atoms with Gasteiger partial charge in [-0.05, 0) is 26.8 Å². The van der Waals surface area contributed by atoms with Gasteiger partial charge in [0.05, 0.1) is 13.7 Å². The molecular formula is C14H23NO2. The van der Waals surface area contributed by atoms with E-state index < -0.39 is 0 Å². The molecule has 3 nitrogen and oxygen atoms in total. The molecular weight excluding hydrogens is 214 g/mol. The molecule has 0 aliphatic heterocycles. The third-order valence-electron chi connectivity index (χ3n) is 2.71. The first-order valence-electron chi connectivity index (χ1n) is 6.15. The fourth-order valence-corrected chi connectivity index (χ4v) is 1.88. The number of benzene rings is 1. The number of methoxy groups -OCH3 is 1. The van der Waals surface area contributed by atoms with E-state index in [1.807, 2.05) is 25.1 Å². The SMILES string of the molecule is CCOCC(C)NC(C)c1ccccc1OC. The highest BCUT2D eigenvalue weighted by Crippen LogP contribution is 2.24. The summed E-state index contributed by atoms with van der Waals surface area (Å²) in [7, 11) is 1.70. The Kier molecular flexibility index (Phi) is 6.01. The van der Waals surface area contributed by atoms with Crippen molar-refractivity contribution < 1.29 is 9.47 Å². The normalized spacial score (nSPS) is 14.4. The summed E-state index contributed by atoms with van der Waals surface area (Å²) in [6.07, 6.45) is 0. The quantitative estimate of drug-likeness (QED) is 0.791. The predicted molar refractivity (Wildman–Crippen MR) is 70.5 cm³/mol. The van der Waals surface area contributed by atoms with Gasteiger partial charge in [0.15, 0.2) is 0 Å². The highest BCUT2D eigenvalue weighted by atomic mass is 16.5. The molecule has 3 heteroatoms. The predicted octanol–water partition coefficient (Wildman–Crippen LogP) is 2.77. The van der Waals surface area contributed by atoms with E-state index in [4.69, 9.17) is 9.47 Å². The van der Waals surface area contributed by atoms with Crippen molar-refractivity contribution in [3.63, 3.8) is 0 Å². The van der Waals surface area contributed by atoms with Crippen molar-refractivity contribution in [2.45, 2.75) is 32.9 Å². The van der Waals surface area contributed by atoms with Crippen molar-refractivity contribution in [1.82, 2.24) is 5.32 Å². The maximum absolute atomic E-state index is 5.39. The highest BCUT2D eigenvalue weighted by Gasteiger charge is 2.12. The average molecular weight is 237 g/mol. The molecule has 0 aliphatic carbocycles. The van der Waals surface area contributed by atoms with E-state index in [1.54, 1.807) is 7.11 Å². The van der Waals surface area contributed by atoms with E-state index >= 15 is 0 Å². The Labute approximate surface area is 104 Å². The summed E-state index contributed by atoms with van der Waals surface area (Å²) in [5, 5.41) is 3.50. The second-order valence-electron chi connectivity index (χ2n) is 4.19. The largest absolute Gasteiger partial charge is 0.496 e. The van der Waals surface area contributed by atoms with Crippen LogP contribution in [0.2, 0.25) is 0 Å². The van der Waals surface area contributed by atoms with Gasteiger partial charge in [0.2, 0.25) is 0 Å². The van der Waals surface area contributed by atoms with Gasteiger partial charge in [0.25, 0.3) is 0 Å². The number of ether oxygens (including phenoxy) is 2. The Bertz CT molecular complexity index is 328. The summed E-state index contributed by atoms with van der Waals surface area (Å²) in [4.78, 5) is 0. The maximum Gasteiger partial charge on any atom is 0.123 e. The summed E-state index contributed by atoms with van der Waals surface area (Å²) < 4.78 is 10.8. The van der Waals surface area contributed by atoms with Gasteiger partial charge in [-0.15, -0.1) is 0 Å². The van der Waals surface area contributed by atoms with Crippen molar-refractivity contribution >= 4 is 0 Å². The molecule has 0 heterocycles. The van der Waals surface area contributed by atoms with Crippen molar-refractivity contribution in [3.05, 3.63) is 29.8 Å². The molecule has 1 rings (SSSR count). The Morgan fingerprint density at radius 3 is 2.59 bits per heavy atom. The summed E-state index contributed by atoms with van der Waals surface area (Å²) >= 11 is 0. The van der Waals surface area contributed by atoms with Crippen LogP contribution in [0.3, 0.4) is 0 Å².